The first kappa shape index (κ1) is 13.2. The highest BCUT2D eigenvalue weighted by molar-refractivity contribution is 7.10. The minimum absolute atomic E-state index is 0.0654. The first-order valence-electron chi connectivity index (χ1n) is 6.32. The third-order valence-electron chi connectivity index (χ3n) is 3.40. The zero-order valence-corrected chi connectivity index (χ0v) is 12.3. The minimum atomic E-state index is 0.0654. The average Bonchev–Trinajstić information content (AvgIpc) is 2.82. The van der Waals surface area contributed by atoms with Crippen LogP contribution in [0.2, 0.25) is 0 Å². The molecule has 2 aromatic rings. The summed E-state index contributed by atoms with van der Waals surface area (Å²) in [5.74, 6) is 0. The lowest BCUT2D eigenvalue weighted by atomic mass is 9.99. The van der Waals surface area contributed by atoms with Crippen LogP contribution in [0.25, 0.3) is 11.3 Å². The Morgan fingerprint density at radius 2 is 1.83 bits per heavy atom. The van der Waals surface area contributed by atoms with Crippen molar-refractivity contribution in [1.82, 2.24) is 4.98 Å². The van der Waals surface area contributed by atoms with Gasteiger partial charge in [0.2, 0.25) is 0 Å². The highest BCUT2D eigenvalue weighted by Gasteiger charge is 2.12. The van der Waals surface area contributed by atoms with E-state index in [9.17, 15) is 0 Å². The summed E-state index contributed by atoms with van der Waals surface area (Å²) < 4.78 is 0. The Labute approximate surface area is 113 Å². The zero-order chi connectivity index (χ0) is 13.3. The Kier molecular flexibility index (Phi) is 3.83. The van der Waals surface area contributed by atoms with Crippen LogP contribution >= 0.6 is 11.3 Å². The van der Waals surface area contributed by atoms with Crippen LogP contribution in [-0.4, -0.2) is 4.98 Å². The van der Waals surface area contributed by atoms with Crippen molar-refractivity contribution < 1.29 is 0 Å². The SMILES string of the molecule is CCC(N)c1nc(-c2cc(C)c(C)cc2C)cs1. The maximum atomic E-state index is 6.03. The van der Waals surface area contributed by atoms with Crippen molar-refractivity contribution in [3.8, 4) is 11.3 Å². The van der Waals surface area contributed by atoms with Gasteiger partial charge in [-0.1, -0.05) is 13.0 Å². The summed E-state index contributed by atoms with van der Waals surface area (Å²) in [6.45, 7) is 8.52. The summed E-state index contributed by atoms with van der Waals surface area (Å²) in [6, 6.07) is 4.51. The molecule has 1 aromatic carbocycles. The Bertz CT molecular complexity index is 558. The number of benzene rings is 1. The standard InChI is InChI=1S/C15H20N2S/c1-5-13(16)15-17-14(8-18-15)12-7-10(3)9(2)6-11(12)4/h6-8,13H,5,16H2,1-4H3. The highest BCUT2D eigenvalue weighted by atomic mass is 32.1. The maximum absolute atomic E-state index is 6.03. The number of hydrogen-bond acceptors (Lipinski definition) is 3. The van der Waals surface area contributed by atoms with E-state index < -0.39 is 0 Å². The van der Waals surface area contributed by atoms with Crippen LogP contribution < -0.4 is 5.73 Å². The molecule has 2 rings (SSSR count). The smallest absolute Gasteiger partial charge is 0.110 e. The second-order valence-electron chi connectivity index (χ2n) is 4.84. The van der Waals surface area contributed by atoms with Gasteiger partial charge in [0.25, 0.3) is 0 Å². The largest absolute Gasteiger partial charge is 0.322 e. The third-order valence-corrected chi connectivity index (χ3v) is 4.37. The van der Waals surface area contributed by atoms with Crippen molar-refractivity contribution in [1.29, 1.82) is 0 Å². The molecule has 1 aromatic heterocycles. The van der Waals surface area contributed by atoms with E-state index in [2.05, 4.69) is 50.2 Å². The fourth-order valence-electron chi connectivity index (χ4n) is 1.99. The van der Waals surface area contributed by atoms with Crippen molar-refractivity contribution in [3.05, 3.63) is 39.2 Å². The van der Waals surface area contributed by atoms with Gasteiger partial charge >= 0.3 is 0 Å². The molecule has 0 saturated carbocycles. The van der Waals surface area contributed by atoms with Gasteiger partial charge in [-0.3, -0.25) is 0 Å². The fraction of sp³-hybridized carbons (Fsp3) is 0.400. The molecule has 0 fully saturated rings. The van der Waals surface area contributed by atoms with Gasteiger partial charge < -0.3 is 5.73 Å². The quantitative estimate of drug-likeness (QED) is 0.900. The van der Waals surface area contributed by atoms with Gasteiger partial charge in [-0.15, -0.1) is 11.3 Å². The first-order valence-corrected chi connectivity index (χ1v) is 7.20. The number of aryl methyl sites for hydroxylation is 3. The lowest BCUT2D eigenvalue weighted by molar-refractivity contribution is 0.693. The van der Waals surface area contributed by atoms with Gasteiger partial charge in [0.05, 0.1) is 11.7 Å². The van der Waals surface area contributed by atoms with E-state index in [0.717, 1.165) is 17.1 Å². The van der Waals surface area contributed by atoms with Gasteiger partial charge in [0.15, 0.2) is 0 Å². The summed E-state index contributed by atoms with van der Waals surface area (Å²) in [4.78, 5) is 4.68. The molecule has 18 heavy (non-hydrogen) atoms. The maximum Gasteiger partial charge on any atom is 0.110 e. The molecule has 1 atom stereocenters. The molecule has 2 nitrogen and oxygen atoms in total. The van der Waals surface area contributed by atoms with Crippen molar-refractivity contribution in [2.24, 2.45) is 5.73 Å². The Morgan fingerprint density at radius 3 is 2.50 bits per heavy atom. The number of hydrogen-bond donors (Lipinski definition) is 1. The van der Waals surface area contributed by atoms with Gasteiger partial charge in [0, 0.05) is 10.9 Å². The van der Waals surface area contributed by atoms with E-state index in [1.54, 1.807) is 11.3 Å². The molecule has 1 unspecified atom stereocenters. The van der Waals surface area contributed by atoms with Crippen LogP contribution in [0.3, 0.4) is 0 Å². The van der Waals surface area contributed by atoms with Crippen molar-refractivity contribution in [3.63, 3.8) is 0 Å². The molecule has 0 amide bonds. The van der Waals surface area contributed by atoms with E-state index >= 15 is 0 Å². The summed E-state index contributed by atoms with van der Waals surface area (Å²) in [6.07, 6.45) is 0.929. The van der Waals surface area contributed by atoms with Gasteiger partial charge in [-0.25, -0.2) is 4.98 Å². The molecule has 0 bridgehead atoms. The molecule has 2 N–H and O–H groups in total. The molecule has 0 saturated heterocycles. The number of nitrogens with two attached hydrogens (primary N) is 1. The average molecular weight is 260 g/mol. The number of aromatic nitrogens is 1. The summed E-state index contributed by atoms with van der Waals surface area (Å²) in [5, 5.41) is 3.15. The van der Waals surface area contributed by atoms with Crippen LogP contribution in [0.1, 0.15) is 41.1 Å². The molecule has 3 heteroatoms. The normalized spacial score (nSPS) is 12.7. The van der Waals surface area contributed by atoms with E-state index in [0.29, 0.717) is 0 Å². The van der Waals surface area contributed by atoms with Crippen LogP contribution in [0.15, 0.2) is 17.5 Å². The monoisotopic (exact) mass is 260 g/mol. The van der Waals surface area contributed by atoms with Gasteiger partial charge in [-0.05, 0) is 49.9 Å². The first-order chi connectivity index (χ1) is 8.52. The zero-order valence-electron chi connectivity index (χ0n) is 11.4. The van der Waals surface area contributed by atoms with Crippen LogP contribution in [-0.2, 0) is 0 Å². The molecular weight excluding hydrogens is 240 g/mol. The van der Waals surface area contributed by atoms with E-state index in [4.69, 9.17) is 5.73 Å². The fourth-order valence-corrected chi connectivity index (χ4v) is 2.90. The van der Waals surface area contributed by atoms with Crippen molar-refractivity contribution in [2.45, 2.75) is 40.2 Å². The Hall–Kier alpha value is -1.19. The van der Waals surface area contributed by atoms with Crippen molar-refractivity contribution >= 4 is 11.3 Å². The lowest BCUT2D eigenvalue weighted by Gasteiger charge is -2.08. The van der Waals surface area contributed by atoms with Crippen LogP contribution in [0.5, 0.6) is 0 Å². The van der Waals surface area contributed by atoms with Crippen LogP contribution in [0.4, 0.5) is 0 Å². The molecule has 96 valence electrons. The second kappa shape index (κ2) is 5.21. The number of nitrogens with zero attached hydrogens (tertiary/aromatic N) is 1. The molecule has 0 aliphatic rings. The Balaban J connectivity index is 2.43. The summed E-state index contributed by atoms with van der Waals surface area (Å²) in [5.41, 5.74) is 12.2. The van der Waals surface area contributed by atoms with E-state index in [-0.39, 0.29) is 6.04 Å². The second-order valence-corrected chi connectivity index (χ2v) is 5.73. The molecule has 0 radical (unpaired) electrons. The predicted octanol–water partition coefficient (Wildman–Crippen LogP) is 4.15. The summed E-state index contributed by atoms with van der Waals surface area (Å²) >= 11 is 1.66. The highest BCUT2D eigenvalue weighted by Crippen LogP contribution is 2.29. The number of thiazole rings is 1. The number of rotatable bonds is 3. The topological polar surface area (TPSA) is 38.9 Å². The van der Waals surface area contributed by atoms with E-state index in [1.807, 2.05) is 0 Å². The third kappa shape index (κ3) is 2.47. The van der Waals surface area contributed by atoms with Crippen molar-refractivity contribution in [2.75, 3.05) is 0 Å². The molecule has 0 aliphatic heterocycles. The van der Waals surface area contributed by atoms with Crippen LogP contribution in [0, 0.1) is 20.8 Å². The van der Waals surface area contributed by atoms with Gasteiger partial charge in [-0.2, -0.15) is 0 Å². The lowest BCUT2D eigenvalue weighted by Crippen LogP contribution is -2.07. The molecule has 0 aliphatic carbocycles. The molecule has 0 spiro atoms. The molecule has 1 heterocycles. The minimum Gasteiger partial charge on any atom is -0.322 e. The van der Waals surface area contributed by atoms with Gasteiger partial charge in [0.1, 0.15) is 5.01 Å². The summed E-state index contributed by atoms with van der Waals surface area (Å²) in [7, 11) is 0. The Morgan fingerprint density at radius 1 is 1.17 bits per heavy atom. The van der Waals surface area contributed by atoms with E-state index in [1.165, 1.54) is 22.3 Å². The molecular formula is C15H20N2S. The predicted molar refractivity (Wildman–Crippen MR) is 79.0 cm³/mol.